The number of benzene rings is 2. The predicted molar refractivity (Wildman–Crippen MR) is 319 cm³/mol. The summed E-state index contributed by atoms with van der Waals surface area (Å²) < 4.78 is 71.6. The molecule has 0 spiro atoms. The Bertz CT molecular complexity index is 3100. The first-order valence-electron chi connectivity index (χ1n) is 25.9. The number of nitrogen functional groups attached to an aromatic ring is 1. The van der Waals surface area contributed by atoms with Crippen molar-refractivity contribution in [1.82, 2.24) is 38.3 Å². The van der Waals surface area contributed by atoms with Gasteiger partial charge in [0.2, 0.25) is 54.9 Å². The van der Waals surface area contributed by atoms with Crippen LogP contribution >= 0.6 is 34.8 Å². The molecule has 81 heavy (non-hydrogen) atoms. The van der Waals surface area contributed by atoms with E-state index in [1.807, 2.05) is 12.1 Å². The molecular weight excluding hydrogens is 1150 g/mol. The van der Waals surface area contributed by atoms with E-state index in [1.54, 1.807) is 26.4 Å². The molecule has 4 aliphatic heterocycles. The summed E-state index contributed by atoms with van der Waals surface area (Å²) in [6.45, 7) is 11.9. The van der Waals surface area contributed by atoms with E-state index >= 15 is 0 Å². The molecule has 4 fully saturated rings. The van der Waals surface area contributed by atoms with Gasteiger partial charge in [-0.15, -0.1) is 0 Å². The van der Waals surface area contributed by atoms with Crippen molar-refractivity contribution in [3.8, 4) is 23.3 Å². The van der Waals surface area contributed by atoms with Crippen molar-refractivity contribution in [3.63, 3.8) is 0 Å². The van der Waals surface area contributed by atoms with Crippen LogP contribution in [-0.2, 0) is 29.6 Å². The van der Waals surface area contributed by atoms with E-state index in [-0.39, 0.29) is 70.1 Å². The number of aromatic nitrogens is 4. The van der Waals surface area contributed by atoms with Crippen LogP contribution < -0.4 is 50.4 Å². The van der Waals surface area contributed by atoms with E-state index in [4.69, 9.17) is 59.5 Å². The minimum absolute atomic E-state index is 0.0346. The molecule has 29 heteroatoms. The lowest BCUT2D eigenvalue weighted by Gasteiger charge is -2.37. The molecule has 4 saturated heterocycles. The maximum absolute atomic E-state index is 12.3. The third-order valence-corrected chi connectivity index (χ3v) is 17.2. The zero-order valence-corrected chi connectivity index (χ0v) is 50.7. The molecule has 2 atom stereocenters. The molecule has 6 heterocycles. The fourth-order valence-electron chi connectivity index (χ4n) is 9.47. The quantitative estimate of drug-likeness (QED) is 0.0499. The van der Waals surface area contributed by atoms with Crippen LogP contribution in [0.2, 0.25) is 15.3 Å². The fraction of sp³-hybridized carbons (Fsp3) is 0.500. The highest BCUT2D eigenvalue weighted by Gasteiger charge is 2.33. The number of carbonyl (C=O) groups excluding carboxylic acids is 2. The van der Waals surface area contributed by atoms with Crippen LogP contribution in [0.15, 0.2) is 62.0 Å². The predicted octanol–water partition coefficient (Wildman–Crippen LogP) is 6.08. The van der Waals surface area contributed by atoms with Gasteiger partial charge in [-0.3, -0.25) is 9.59 Å². The van der Waals surface area contributed by atoms with Crippen LogP contribution in [0, 0.1) is 0 Å². The number of piperidine rings is 2. The summed E-state index contributed by atoms with van der Waals surface area (Å²) >= 11 is 17.8. The Balaban J connectivity index is 0.000000217. The Morgan fingerprint density at radius 2 is 1.07 bits per heavy atom. The molecule has 0 saturated carbocycles. The average molecular weight is 1220 g/mol. The summed E-state index contributed by atoms with van der Waals surface area (Å²) in [5.74, 6) is 1.07. The molecular formula is C52H73Cl3N14O10S2. The second-order valence-electron chi connectivity index (χ2n) is 20.0. The van der Waals surface area contributed by atoms with Crippen molar-refractivity contribution < 1.29 is 45.4 Å². The first-order chi connectivity index (χ1) is 38.3. The third kappa shape index (κ3) is 18.0. The summed E-state index contributed by atoms with van der Waals surface area (Å²) in [6.07, 6.45) is 12.2. The fourth-order valence-corrected chi connectivity index (χ4v) is 11.6. The number of hydrogen-bond donors (Lipinski definition) is 4. The first-order valence-corrected chi connectivity index (χ1v) is 30.7. The Morgan fingerprint density at radius 3 is 1.49 bits per heavy atom. The van der Waals surface area contributed by atoms with Crippen molar-refractivity contribution in [1.29, 1.82) is 0 Å². The number of hydrogen-bond acceptors (Lipinski definition) is 20. The standard InChI is InChI=1S/C26H36ClN7O5S.C17H26N4O2.C9H11Cl2N3O3S/c1-6-24(35)29-20-13-21(23(38-4)14-22(20)33-10-7-17(8-11-33)32(2)3)30-26-28-15-19(27)25(31-26)39-18-9-12-34(16-18)40(5,36)37;1-5-17(22)19-14-10-13(18)16(23-4)11-15(14)21-8-6-12(7-9-21)20(2)3;1-18(15,16)14-3-2-6(5-14)17-8-7(10)4-12-9(11)13-8/h6,13-15,17-18H,1,7-12,16H2,2-5H3,(H,29,35)(H,28,30,31);5,10-12H,1,6-9,18H2,2-4H3,(H,19,22);4,6H,2-3,5H2,1H3/t18-;;6-/m1.1/s1. The van der Waals surface area contributed by atoms with Crippen molar-refractivity contribution in [2.45, 2.75) is 62.8 Å². The minimum Gasteiger partial charge on any atom is -0.495 e. The highest BCUT2D eigenvalue weighted by Crippen LogP contribution is 2.41. The number of anilines is 7. The van der Waals surface area contributed by atoms with Crippen LogP contribution in [0.4, 0.5) is 40.1 Å². The molecule has 444 valence electrons. The Kier molecular flexibility index (Phi) is 22.8. The van der Waals surface area contributed by atoms with Crippen LogP contribution in [0.5, 0.6) is 23.3 Å². The summed E-state index contributed by atoms with van der Waals surface area (Å²) in [4.78, 5) is 49.3. The third-order valence-electron chi connectivity index (χ3n) is 14.0. The lowest BCUT2D eigenvalue weighted by Crippen LogP contribution is -2.42. The van der Waals surface area contributed by atoms with Crippen molar-refractivity contribution >= 4 is 107 Å². The molecule has 0 aliphatic carbocycles. The van der Waals surface area contributed by atoms with Gasteiger partial charge in [-0.25, -0.2) is 26.8 Å². The van der Waals surface area contributed by atoms with Gasteiger partial charge in [0, 0.05) is 63.5 Å². The van der Waals surface area contributed by atoms with Gasteiger partial charge in [-0.05, 0) is 103 Å². The molecule has 2 aromatic heterocycles. The topological polar surface area (TPSA) is 272 Å². The van der Waals surface area contributed by atoms with Crippen molar-refractivity contribution in [2.75, 3.05) is 139 Å². The molecule has 2 amide bonds. The summed E-state index contributed by atoms with van der Waals surface area (Å²) in [5.41, 5.74) is 10.1. The zero-order chi connectivity index (χ0) is 59.3. The second kappa shape index (κ2) is 28.8. The number of amides is 2. The molecule has 0 radical (unpaired) electrons. The lowest BCUT2D eigenvalue weighted by molar-refractivity contribution is -0.112. The summed E-state index contributed by atoms with van der Waals surface area (Å²) in [6, 6.07) is 8.38. The van der Waals surface area contributed by atoms with E-state index in [0.717, 1.165) is 63.2 Å². The number of nitrogens with zero attached hydrogens (tertiary/aromatic N) is 10. The van der Waals surface area contributed by atoms with Gasteiger partial charge in [-0.1, -0.05) is 36.4 Å². The zero-order valence-electron chi connectivity index (χ0n) is 46.8. The highest BCUT2D eigenvalue weighted by molar-refractivity contribution is 7.88. The van der Waals surface area contributed by atoms with E-state index in [9.17, 15) is 26.4 Å². The smallest absolute Gasteiger partial charge is 0.247 e. The Labute approximate surface area is 490 Å². The molecule has 0 unspecified atom stereocenters. The number of nitrogens with one attached hydrogen (secondary N) is 3. The number of halogens is 3. The van der Waals surface area contributed by atoms with E-state index in [0.29, 0.717) is 72.3 Å². The number of sulfonamides is 2. The molecule has 4 aromatic rings. The maximum Gasteiger partial charge on any atom is 0.247 e. The highest BCUT2D eigenvalue weighted by atomic mass is 35.5. The van der Waals surface area contributed by atoms with Crippen LogP contribution in [0.3, 0.4) is 0 Å². The number of nitrogens with two attached hydrogens (primary N) is 1. The average Bonchev–Trinajstić information content (AvgIpc) is 4.25. The number of rotatable bonds is 18. The van der Waals surface area contributed by atoms with Crippen molar-refractivity contribution in [2.24, 2.45) is 0 Å². The van der Waals surface area contributed by atoms with Gasteiger partial charge in [0.1, 0.15) is 33.8 Å². The van der Waals surface area contributed by atoms with Crippen LogP contribution in [-0.4, -0.2) is 199 Å². The van der Waals surface area contributed by atoms with E-state index in [2.05, 4.69) is 96.8 Å². The van der Waals surface area contributed by atoms with Gasteiger partial charge >= 0.3 is 0 Å². The van der Waals surface area contributed by atoms with Gasteiger partial charge in [0.15, 0.2) is 0 Å². The number of ether oxygens (including phenoxy) is 4. The molecule has 24 nitrogen and oxygen atoms in total. The normalized spacial score (nSPS) is 18.3. The van der Waals surface area contributed by atoms with E-state index < -0.39 is 20.0 Å². The minimum atomic E-state index is -3.31. The molecule has 2 aromatic carbocycles. The van der Waals surface area contributed by atoms with Gasteiger partial charge in [0.25, 0.3) is 0 Å². The molecule has 0 bridgehead atoms. The number of carbonyl (C=O) groups is 2. The Morgan fingerprint density at radius 1 is 0.642 bits per heavy atom. The molecule has 5 N–H and O–H groups in total. The van der Waals surface area contributed by atoms with Crippen molar-refractivity contribution in [3.05, 3.63) is 77.3 Å². The number of methoxy groups -OCH3 is 2. The van der Waals surface area contributed by atoms with E-state index in [1.165, 1.54) is 45.7 Å². The maximum atomic E-state index is 12.3. The Hall–Kier alpha value is -5.97. The summed E-state index contributed by atoms with van der Waals surface area (Å²) in [5, 5.41) is 9.37. The van der Waals surface area contributed by atoms with Gasteiger partial charge in [0.05, 0.1) is 86.3 Å². The van der Waals surface area contributed by atoms with Crippen LogP contribution in [0.1, 0.15) is 38.5 Å². The largest absolute Gasteiger partial charge is 0.495 e. The molecule has 4 aliphatic rings. The van der Waals surface area contributed by atoms with Gasteiger partial charge < -0.3 is 60.2 Å². The van der Waals surface area contributed by atoms with Crippen LogP contribution in [0.25, 0.3) is 0 Å². The first kappa shape index (κ1) is 64.2. The second-order valence-corrected chi connectivity index (χ2v) is 25.1. The SMILES string of the molecule is C=CC(=O)Nc1cc(N)c(OC)cc1N1CCC(N(C)C)CC1.C=CC(=O)Nc1cc(Nc2ncc(Cl)c(O[C@@H]3CCN(S(C)(=O)=O)C3)n2)c(OC)cc1N1CCC(N(C)C)CC1.CS(=O)(=O)N1CC[C@@H](Oc2nc(Cl)ncc2Cl)C1. The van der Waals surface area contributed by atoms with Gasteiger partial charge in [-0.2, -0.15) is 18.6 Å². The monoisotopic (exact) mass is 1220 g/mol. The summed E-state index contributed by atoms with van der Waals surface area (Å²) in [7, 11) is 5.07. The molecule has 8 rings (SSSR count). The lowest BCUT2D eigenvalue weighted by atomic mass is 10.0.